The lowest BCUT2D eigenvalue weighted by molar-refractivity contribution is 0.951. The first-order valence-corrected chi connectivity index (χ1v) is 14.4. The minimum absolute atomic E-state index is 0.528. The van der Waals surface area contributed by atoms with Crippen LogP contribution in [-0.2, 0) is 0 Å². The Labute approximate surface area is 329 Å². The summed E-state index contributed by atoms with van der Waals surface area (Å²) in [6, 6.07) is -27.3. The largest absolute Gasteiger partial charge is 0.309 e. The van der Waals surface area contributed by atoms with Crippen LogP contribution in [0, 0.1) is 0 Å². The van der Waals surface area contributed by atoms with Gasteiger partial charge in [0.2, 0.25) is 5.95 Å². The lowest BCUT2D eigenvalue weighted by atomic mass is 10.0. The highest BCUT2D eigenvalue weighted by Gasteiger charge is 2.21. The molecule has 0 amide bonds. The molecule has 0 saturated carbocycles. The van der Waals surface area contributed by atoms with E-state index in [0.717, 1.165) is 0 Å². The maximum atomic E-state index is 9.52. The summed E-state index contributed by atoms with van der Waals surface area (Å²) in [4.78, 5) is 13.4. The zero-order chi connectivity index (χ0) is 58.3. The van der Waals surface area contributed by atoms with Gasteiger partial charge in [-0.3, -0.25) is 4.57 Å². The molecule has 5 heteroatoms. The monoisotopic (exact) mass is 668 g/mol. The number of fused-ring (bicyclic) bond motifs is 6. The molecule has 10 aromatic rings. The molecule has 0 fully saturated rings. The van der Waals surface area contributed by atoms with Crippen molar-refractivity contribution in [1.82, 2.24) is 24.1 Å². The van der Waals surface area contributed by atoms with Crippen molar-refractivity contribution in [3.05, 3.63) is 175 Å². The predicted molar refractivity (Wildman–Crippen MR) is 205 cm³/mol. The molecular weight excluding hydrogens is 611 g/mol. The number of nitrogens with zero attached hydrogens (tertiary/aromatic N) is 5. The topological polar surface area (TPSA) is 48.5 Å². The maximum Gasteiger partial charge on any atom is 0.238 e. The highest BCUT2D eigenvalue weighted by molar-refractivity contribution is 6.10. The van der Waals surface area contributed by atoms with Gasteiger partial charge in [0.25, 0.3) is 0 Å². The summed E-state index contributed by atoms with van der Waals surface area (Å²) in [5.41, 5.74) is -6.88. The molecule has 0 unspecified atom stereocenters. The van der Waals surface area contributed by atoms with E-state index in [1.807, 2.05) is 0 Å². The van der Waals surface area contributed by atoms with Gasteiger partial charge >= 0.3 is 0 Å². The number of rotatable bonds is 5. The number of hydrogen-bond donors (Lipinski definition) is 0. The summed E-state index contributed by atoms with van der Waals surface area (Å²) in [6.07, 6.45) is 0. The number of hydrogen-bond acceptors (Lipinski definition) is 3. The van der Waals surface area contributed by atoms with Crippen molar-refractivity contribution in [2.75, 3.05) is 0 Å². The van der Waals surface area contributed by atoms with Crippen LogP contribution in [0.2, 0.25) is 0 Å². The summed E-state index contributed by atoms with van der Waals surface area (Å²) in [5.74, 6) is -2.97. The van der Waals surface area contributed by atoms with Crippen molar-refractivity contribution >= 4 is 43.6 Å². The first-order valence-electron chi connectivity index (χ1n) is 28.9. The smallest absolute Gasteiger partial charge is 0.238 e. The number of benzene rings is 7. The van der Waals surface area contributed by atoms with Crippen molar-refractivity contribution in [2.45, 2.75) is 0 Å². The minimum atomic E-state index is -1.10. The zero-order valence-corrected chi connectivity index (χ0v) is 24.7. The van der Waals surface area contributed by atoms with E-state index in [1.165, 1.54) is 0 Å². The summed E-state index contributed by atoms with van der Waals surface area (Å²) >= 11 is 0. The van der Waals surface area contributed by atoms with Crippen molar-refractivity contribution in [3.63, 3.8) is 0 Å². The Balaban J connectivity index is 1.48. The molecule has 0 radical (unpaired) electrons. The molecule has 0 saturated heterocycles. The first-order chi connectivity index (χ1) is 36.9. The molecule has 3 heterocycles. The fourth-order valence-corrected chi connectivity index (χ4v) is 5.51. The van der Waals surface area contributed by atoms with E-state index in [4.69, 9.17) is 28.8 Å². The van der Waals surface area contributed by atoms with Crippen molar-refractivity contribution < 1.29 is 39.8 Å². The minimum Gasteiger partial charge on any atom is -0.309 e. The standard InChI is InChI=1S/C45H29N5/c1-2-14-30(15-3-1)31-26-28-32(29-27-31)43-46-44(48-45(47-43)50-40-23-11-6-18-35(40)36-19-7-12-24-41(36)50)37-20-8-13-25-42(37)49-38-21-9-4-16-33(38)34-17-5-10-22-39(34)49/h1-29H/i1D,2D,3D,4D,5D,6D,7D,8D,9D,10D,11D,12D,13D,14D,15D,16D,17D,18D,19D,20D,21D,22D,23D,24D,25D,26D,27D,28D,29D. The normalized spacial score (nSPS) is 19.7. The van der Waals surface area contributed by atoms with Crippen LogP contribution < -0.4 is 0 Å². The fourth-order valence-electron chi connectivity index (χ4n) is 5.51. The van der Waals surface area contributed by atoms with Gasteiger partial charge < -0.3 is 4.57 Å². The van der Waals surface area contributed by atoms with Crippen molar-refractivity contribution in [1.29, 1.82) is 0 Å². The average molecular weight is 669 g/mol. The van der Waals surface area contributed by atoms with E-state index >= 15 is 0 Å². The second-order valence-corrected chi connectivity index (χ2v) is 10.3. The van der Waals surface area contributed by atoms with E-state index in [2.05, 4.69) is 15.0 Å². The van der Waals surface area contributed by atoms with Gasteiger partial charge in [-0.1, -0.05) is 139 Å². The summed E-state index contributed by atoms with van der Waals surface area (Å²) < 4.78 is 259. The van der Waals surface area contributed by atoms with E-state index < -0.39 is 264 Å². The summed E-state index contributed by atoms with van der Waals surface area (Å²) in [7, 11) is 0. The quantitative estimate of drug-likeness (QED) is 0.183. The van der Waals surface area contributed by atoms with E-state index in [0.29, 0.717) is 9.13 Å². The molecule has 3 aromatic heterocycles. The highest BCUT2D eigenvalue weighted by atomic mass is 15.2. The number of para-hydroxylation sites is 5. The Morgan fingerprint density at radius 1 is 0.340 bits per heavy atom. The van der Waals surface area contributed by atoms with E-state index in [9.17, 15) is 11.0 Å². The van der Waals surface area contributed by atoms with Crippen LogP contribution in [0.3, 0.4) is 0 Å². The lowest BCUT2D eigenvalue weighted by Gasteiger charge is -2.15. The molecular formula is C45H29N5. The molecule has 0 aliphatic rings. The first kappa shape index (κ1) is 11.6. The molecule has 0 aliphatic heterocycles. The molecule has 0 atom stereocenters. The second kappa shape index (κ2) is 11.4. The van der Waals surface area contributed by atoms with Crippen LogP contribution in [0.5, 0.6) is 0 Å². The third-order valence-corrected chi connectivity index (χ3v) is 7.60. The van der Waals surface area contributed by atoms with E-state index in [1.54, 1.807) is 0 Å². The molecule has 10 rings (SSSR count). The van der Waals surface area contributed by atoms with Crippen LogP contribution >= 0.6 is 0 Å². The van der Waals surface area contributed by atoms with Crippen LogP contribution in [0.15, 0.2) is 175 Å². The van der Waals surface area contributed by atoms with Crippen LogP contribution in [0.1, 0.15) is 39.8 Å². The van der Waals surface area contributed by atoms with Gasteiger partial charge in [-0.25, -0.2) is 4.98 Å². The van der Waals surface area contributed by atoms with Gasteiger partial charge in [0, 0.05) is 32.7 Å². The number of aromatic nitrogens is 5. The van der Waals surface area contributed by atoms with Gasteiger partial charge in [0.1, 0.15) is 0 Å². The molecule has 0 bridgehead atoms. The third-order valence-electron chi connectivity index (χ3n) is 7.60. The predicted octanol–water partition coefficient (Wildman–Crippen LogP) is 11.1. The lowest BCUT2D eigenvalue weighted by Crippen LogP contribution is -2.07. The SMILES string of the molecule is [2H]c1c([2H])c([2H])c(-c2c([2H])c([2H])c(-c3nc(-c4c([2H])c([2H])c([2H])c([2H])c4-n4c5c([2H])c([2H])c([2H])c([2H])c5c5c([2H])c([2H])c([2H])c([2H])c54)nc(-n4c5c([2H])c([2H])c([2H])c([2H])c5c5c([2H])c([2H])c([2H])c([2H])c54)n3)c([2H])c2[2H])c([2H])c1[2H]. The Morgan fingerprint density at radius 3 is 1.34 bits per heavy atom. The Morgan fingerprint density at radius 2 is 0.760 bits per heavy atom. The van der Waals surface area contributed by atoms with Crippen molar-refractivity contribution in [3.8, 4) is 45.5 Å². The van der Waals surface area contributed by atoms with Crippen molar-refractivity contribution in [2.24, 2.45) is 0 Å². The summed E-state index contributed by atoms with van der Waals surface area (Å²) in [6.45, 7) is 0. The van der Waals surface area contributed by atoms with Gasteiger partial charge in [0.15, 0.2) is 11.6 Å². The van der Waals surface area contributed by atoms with Gasteiger partial charge in [0.05, 0.1) is 67.5 Å². The van der Waals surface area contributed by atoms with Gasteiger partial charge in [-0.15, -0.1) is 0 Å². The van der Waals surface area contributed by atoms with Crippen LogP contribution in [-0.4, -0.2) is 24.1 Å². The molecule has 0 N–H and O–H groups in total. The Kier molecular flexibility index (Phi) is 2.65. The van der Waals surface area contributed by atoms with Crippen LogP contribution in [0.25, 0.3) is 89.2 Å². The van der Waals surface area contributed by atoms with Gasteiger partial charge in [-0.2, -0.15) is 9.97 Å². The van der Waals surface area contributed by atoms with E-state index in [-0.39, 0.29) is 0 Å². The highest BCUT2D eigenvalue weighted by Crippen LogP contribution is 2.37. The molecule has 0 spiro atoms. The molecule has 50 heavy (non-hydrogen) atoms. The zero-order valence-electron chi connectivity index (χ0n) is 53.7. The molecule has 7 aromatic carbocycles. The Hall–Kier alpha value is -6.85. The Bertz CT molecular complexity index is 4330. The average Bonchev–Trinajstić information content (AvgIpc) is 4.17. The molecule has 234 valence electrons. The molecule has 5 nitrogen and oxygen atoms in total. The third kappa shape index (κ3) is 4.45. The van der Waals surface area contributed by atoms with Gasteiger partial charge in [-0.05, 0) is 47.4 Å². The molecule has 0 aliphatic carbocycles. The fraction of sp³-hybridized carbons (Fsp3) is 0. The maximum absolute atomic E-state index is 9.52. The second-order valence-electron chi connectivity index (χ2n) is 10.3. The van der Waals surface area contributed by atoms with Crippen LogP contribution in [0.4, 0.5) is 0 Å². The summed E-state index contributed by atoms with van der Waals surface area (Å²) in [5, 5.41) is -2.14.